The molecule has 0 aliphatic rings. The molecule has 2 nitrogen and oxygen atoms in total. The van der Waals surface area contributed by atoms with Crippen LogP contribution in [0.4, 0.5) is 0 Å². The highest BCUT2D eigenvalue weighted by molar-refractivity contribution is 5.96. The predicted molar refractivity (Wildman–Crippen MR) is 80.8 cm³/mol. The lowest BCUT2D eigenvalue weighted by atomic mass is 10.1. The van der Waals surface area contributed by atoms with Gasteiger partial charge in [0.1, 0.15) is 5.69 Å². The number of fused-ring (bicyclic) bond motifs is 1. The maximum Gasteiger partial charge on any atom is 0.181 e. The van der Waals surface area contributed by atoms with Crippen LogP contribution in [0.3, 0.4) is 0 Å². The highest BCUT2D eigenvalue weighted by Gasteiger charge is 2.08. The Bertz CT molecular complexity index is 735. The minimum atomic E-state index is 0.0969. The van der Waals surface area contributed by atoms with Crippen molar-refractivity contribution in [3.8, 4) is 0 Å². The normalized spacial score (nSPS) is 10.6. The third-order valence-corrected chi connectivity index (χ3v) is 3.37. The molecule has 0 saturated carbocycles. The summed E-state index contributed by atoms with van der Waals surface area (Å²) in [7, 11) is 0. The number of hydrogen-bond acceptors (Lipinski definition) is 2. The molecule has 2 aromatic carbocycles. The van der Waals surface area contributed by atoms with Crippen molar-refractivity contribution in [3.63, 3.8) is 0 Å². The van der Waals surface area contributed by atoms with Gasteiger partial charge >= 0.3 is 0 Å². The van der Waals surface area contributed by atoms with Crippen LogP contribution >= 0.6 is 0 Å². The zero-order valence-electron chi connectivity index (χ0n) is 11.1. The molecule has 0 spiro atoms. The van der Waals surface area contributed by atoms with E-state index in [-0.39, 0.29) is 5.78 Å². The molecule has 98 valence electrons. The minimum absolute atomic E-state index is 0.0969. The van der Waals surface area contributed by atoms with Crippen LogP contribution in [0.1, 0.15) is 22.5 Å². The third kappa shape index (κ3) is 2.75. The van der Waals surface area contributed by atoms with Gasteiger partial charge in [-0.3, -0.25) is 4.79 Å². The minimum Gasteiger partial charge on any atom is -0.292 e. The van der Waals surface area contributed by atoms with Gasteiger partial charge in [-0.15, -0.1) is 0 Å². The van der Waals surface area contributed by atoms with E-state index in [2.05, 4.69) is 4.98 Å². The molecule has 20 heavy (non-hydrogen) atoms. The Morgan fingerprint density at radius 3 is 2.45 bits per heavy atom. The van der Waals surface area contributed by atoms with Gasteiger partial charge in [0.15, 0.2) is 5.78 Å². The highest BCUT2D eigenvalue weighted by Crippen LogP contribution is 2.13. The van der Waals surface area contributed by atoms with E-state index in [1.54, 1.807) is 0 Å². The van der Waals surface area contributed by atoms with Crippen LogP contribution in [-0.2, 0) is 6.42 Å². The van der Waals surface area contributed by atoms with E-state index < -0.39 is 0 Å². The molecule has 3 rings (SSSR count). The lowest BCUT2D eigenvalue weighted by Crippen LogP contribution is -2.03. The van der Waals surface area contributed by atoms with Gasteiger partial charge in [0.05, 0.1) is 5.52 Å². The van der Waals surface area contributed by atoms with Gasteiger partial charge in [-0.05, 0) is 24.1 Å². The Balaban J connectivity index is 1.75. The van der Waals surface area contributed by atoms with Crippen molar-refractivity contribution in [2.75, 3.05) is 0 Å². The molecule has 0 saturated heterocycles. The smallest absolute Gasteiger partial charge is 0.181 e. The number of benzene rings is 2. The molecule has 0 aliphatic heterocycles. The molecule has 0 amide bonds. The fraction of sp³-hybridized carbons (Fsp3) is 0.111. The number of nitrogens with zero attached hydrogens (tertiary/aromatic N) is 1. The summed E-state index contributed by atoms with van der Waals surface area (Å²) in [6.45, 7) is 0. The number of rotatable bonds is 4. The molecule has 3 aromatic rings. The summed E-state index contributed by atoms with van der Waals surface area (Å²) in [6.07, 6.45) is 1.25. The summed E-state index contributed by atoms with van der Waals surface area (Å²) in [4.78, 5) is 16.6. The summed E-state index contributed by atoms with van der Waals surface area (Å²) in [6, 6.07) is 21.7. The summed E-state index contributed by atoms with van der Waals surface area (Å²) in [5.74, 6) is 0.0969. The van der Waals surface area contributed by atoms with Crippen LogP contribution < -0.4 is 0 Å². The molecule has 0 atom stereocenters. The van der Waals surface area contributed by atoms with Crippen LogP contribution in [0.2, 0.25) is 0 Å². The van der Waals surface area contributed by atoms with Gasteiger partial charge in [-0.1, -0.05) is 54.6 Å². The van der Waals surface area contributed by atoms with Crippen LogP contribution in [0, 0.1) is 0 Å². The van der Waals surface area contributed by atoms with E-state index in [1.807, 2.05) is 66.7 Å². The molecule has 2 heteroatoms. The lowest BCUT2D eigenvalue weighted by molar-refractivity contribution is 0.0978. The second-order valence-electron chi connectivity index (χ2n) is 4.80. The maximum atomic E-state index is 12.2. The number of pyridine rings is 1. The van der Waals surface area contributed by atoms with Crippen molar-refractivity contribution in [1.82, 2.24) is 4.98 Å². The number of carbonyl (C=O) groups is 1. The highest BCUT2D eigenvalue weighted by atomic mass is 16.1. The van der Waals surface area contributed by atoms with Crippen LogP contribution in [0.25, 0.3) is 10.9 Å². The predicted octanol–water partition coefficient (Wildman–Crippen LogP) is 4.05. The monoisotopic (exact) mass is 261 g/mol. The van der Waals surface area contributed by atoms with Crippen LogP contribution in [-0.4, -0.2) is 10.8 Å². The standard InChI is InChI=1S/C18H15NO/c20-18(13-10-14-6-2-1-3-7-14)17-12-11-15-8-4-5-9-16(15)19-17/h1-9,11-12H,10,13H2. The van der Waals surface area contributed by atoms with E-state index in [0.717, 1.165) is 17.3 Å². The first-order valence-electron chi connectivity index (χ1n) is 6.76. The number of para-hydroxylation sites is 1. The summed E-state index contributed by atoms with van der Waals surface area (Å²) < 4.78 is 0. The van der Waals surface area contributed by atoms with Gasteiger partial charge < -0.3 is 0 Å². The van der Waals surface area contributed by atoms with Crippen molar-refractivity contribution in [2.24, 2.45) is 0 Å². The van der Waals surface area contributed by atoms with Gasteiger partial charge in [-0.25, -0.2) is 4.98 Å². The first-order chi connectivity index (χ1) is 9.83. The van der Waals surface area contributed by atoms with Gasteiger partial charge in [0.25, 0.3) is 0 Å². The summed E-state index contributed by atoms with van der Waals surface area (Å²) in [5, 5.41) is 1.06. The number of ketones is 1. The zero-order chi connectivity index (χ0) is 13.8. The zero-order valence-corrected chi connectivity index (χ0v) is 11.1. The van der Waals surface area contributed by atoms with E-state index in [1.165, 1.54) is 5.56 Å². The molecule has 0 fully saturated rings. The number of Topliss-reactive ketones (excluding diaryl/α,β-unsaturated/α-hetero) is 1. The van der Waals surface area contributed by atoms with Crippen molar-refractivity contribution in [1.29, 1.82) is 0 Å². The van der Waals surface area contributed by atoms with Gasteiger partial charge in [0.2, 0.25) is 0 Å². The quantitative estimate of drug-likeness (QED) is 0.663. The Labute approximate surface area is 118 Å². The molecule has 1 aromatic heterocycles. The Morgan fingerprint density at radius 1 is 0.850 bits per heavy atom. The van der Waals surface area contributed by atoms with Crippen molar-refractivity contribution in [2.45, 2.75) is 12.8 Å². The molecular formula is C18H15NO. The summed E-state index contributed by atoms with van der Waals surface area (Å²) in [5.41, 5.74) is 2.61. The largest absolute Gasteiger partial charge is 0.292 e. The van der Waals surface area contributed by atoms with Gasteiger partial charge in [-0.2, -0.15) is 0 Å². The molecule has 0 unspecified atom stereocenters. The number of aryl methyl sites for hydroxylation is 1. The first kappa shape index (κ1) is 12.5. The lowest BCUT2D eigenvalue weighted by Gasteiger charge is -2.03. The first-order valence-corrected chi connectivity index (χ1v) is 6.76. The molecule has 0 aliphatic carbocycles. The van der Waals surface area contributed by atoms with E-state index in [4.69, 9.17) is 0 Å². The number of carbonyl (C=O) groups excluding carboxylic acids is 1. The Hall–Kier alpha value is -2.48. The van der Waals surface area contributed by atoms with Crippen molar-refractivity contribution < 1.29 is 4.79 Å². The fourth-order valence-corrected chi connectivity index (χ4v) is 2.25. The number of aromatic nitrogens is 1. The average molecular weight is 261 g/mol. The van der Waals surface area contributed by atoms with E-state index in [0.29, 0.717) is 12.1 Å². The summed E-state index contributed by atoms with van der Waals surface area (Å²) >= 11 is 0. The van der Waals surface area contributed by atoms with Crippen molar-refractivity contribution in [3.05, 3.63) is 78.0 Å². The third-order valence-electron chi connectivity index (χ3n) is 3.37. The molecule has 0 radical (unpaired) electrons. The molecule has 1 heterocycles. The average Bonchev–Trinajstić information content (AvgIpc) is 2.53. The Morgan fingerprint density at radius 2 is 1.60 bits per heavy atom. The second kappa shape index (κ2) is 5.66. The topological polar surface area (TPSA) is 30.0 Å². The molecule has 0 N–H and O–H groups in total. The van der Waals surface area contributed by atoms with E-state index in [9.17, 15) is 4.79 Å². The number of hydrogen-bond donors (Lipinski definition) is 0. The van der Waals surface area contributed by atoms with E-state index >= 15 is 0 Å². The second-order valence-corrected chi connectivity index (χ2v) is 4.80. The van der Waals surface area contributed by atoms with Gasteiger partial charge in [0, 0.05) is 11.8 Å². The molecular weight excluding hydrogens is 246 g/mol. The fourth-order valence-electron chi connectivity index (χ4n) is 2.25. The SMILES string of the molecule is O=C(CCc1ccccc1)c1ccc2ccccc2n1. The van der Waals surface area contributed by atoms with Crippen LogP contribution in [0.5, 0.6) is 0 Å². The van der Waals surface area contributed by atoms with Crippen LogP contribution in [0.15, 0.2) is 66.7 Å². The maximum absolute atomic E-state index is 12.2. The molecule has 0 bridgehead atoms. The Kier molecular flexibility index (Phi) is 3.55. The van der Waals surface area contributed by atoms with Crippen molar-refractivity contribution >= 4 is 16.7 Å².